The average molecular weight is 370 g/mol. The largest absolute Gasteiger partial charge is 0.332 e. The van der Waals surface area contributed by atoms with Crippen molar-refractivity contribution in [1.29, 1.82) is 0 Å². The van der Waals surface area contributed by atoms with Crippen molar-refractivity contribution in [3.8, 4) is 0 Å². The smallest absolute Gasteiger partial charge is 0.324 e. The number of allylic oxidation sites excluding steroid dienone is 1. The molecule has 0 radical (unpaired) electrons. The third-order valence-electron chi connectivity index (χ3n) is 4.16. The maximum absolute atomic E-state index is 13.1. The Hall–Kier alpha value is -3.00. The molecule has 8 heteroatoms. The van der Waals surface area contributed by atoms with Gasteiger partial charge in [0.1, 0.15) is 11.9 Å². The van der Waals surface area contributed by atoms with Crippen molar-refractivity contribution < 1.29 is 12.3 Å². The number of benzene rings is 2. The van der Waals surface area contributed by atoms with Crippen molar-refractivity contribution in [2.75, 3.05) is 5.32 Å². The predicted molar refractivity (Wildman–Crippen MR) is 95.7 cm³/mol. The lowest BCUT2D eigenvalue weighted by Gasteiger charge is -2.24. The van der Waals surface area contributed by atoms with Crippen molar-refractivity contribution in [3.05, 3.63) is 77.6 Å². The number of halogens is 1. The highest BCUT2D eigenvalue weighted by atomic mass is 32.3. The number of aromatic nitrogens is 3. The SMILES string of the molecule is Cc1nc2n(n1)C(c1ccccc1)C=C(c1ccc(S(=O)(=O)F)cc1)N2. The number of fused-ring (bicyclic) bond motifs is 1. The first-order chi connectivity index (χ1) is 12.4. The van der Waals surface area contributed by atoms with Crippen LogP contribution in [0.15, 0.2) is 65.6 Å². The highest BCUT2D eigenvalue weighted by Crippen LogP contribution is 2.32. The van der Waals surface area contributed by atoms with E-state index in [0.29, 0.717) is 11.8 Å². The van der Waals surface area contributed by atoms with E-state index in [4.69, 9.17) is 0 Å². The van der Waals surface area contributed by atoms with Crippen molar-refractivity contribution >= 4 is 21.9 Å². The minimum atomic E-state index is -4.72. The molecule has 4 rings (SSSR count). The number of hydrogen-bond donors (Lipinski definition) is 1. The summed E-state index contributed by atoms with van der Waals surface area (Å²) in [7, 11) is -4.72. The Labute approximate surface area is 150 Å². The lowest BCUT2D eigenvalue weighted by molar-refractivity contribution is 0.552. The van der Waals surface area contributed by atoms with Gasteiger partial charge in [0.25, 0.3) is 0 Å². The second kappa shape index (κ2) is 6.06. The Morgan fingerprint density at radius 1 is 1.08 bits per heavy atom. The van der Waals surface area contributed by atoms with Crippen LogP contribution in [0, 0.1) is 6.92 Å². The summed E-state index contributed by atoms with van der Waals surface area (Å²) in [6.45, 7) is 1.82. The molecule has 1 N–H and O–H groups in total. The van der Waals surface area contributed by atoms with Crippen LogP contribution in [0.5, 0.6) is 0 Å². The van der Waals surface area contributed by atoms with Gasteiger partial charge in [-0.25, -0.2) is 4.68 Å². The van der Waals surface area contributed by atoms with Crippen LogP contribution in [0.2, 0.25) is 0 Å². The van der Waals surface area contributed by atoms with Gasteiger partial charge in [-0.3, -0.25) is 0 Å². The van der Waals surface area contributed by atoms with Gasteiger partial charge >= 0.3 is 10.2 Å². The molecule has 0 bridgehead atoms. The van der Waals surface area contributed by atoms with Crippen LogP contribution in [-0.4, -0.2) is 23.2 Å². The summed E-state index contributed by atoms with van der Waals surface area (Å²) in [4.78, 5) is 4.04. The summed E-state index contributed by atoms with van der Waals surface area (Å²) >= 11 is 0. The van der Waals surface area contributed by atoms with Gasteiger partial charge in [0.05, 0.1) is 4.90 Å². The summed E-state index contributed by atoms with van der Waals surface area (Å²) < 4.78 is 36.9. The van der Waals surface area contributed by atoms with Crippen LogP contribution < -0.4 is 5.32 Å². The molecule has 0 saturated carbocycles. The highest BCUT2D eigenvalue weighted by Gasteiger charge is 2.24. The fraction of sp³-hybridized carbons (Fsp3) is 0.111. The first-order valence-electron chi connectivity index (χ1n) is 7.94. The van der Waals surface area contributed by atoms with Crippen LogP contribution >= 0.6 is 0 Å². The van der Waals surface area contributed by atoms with Gasteiger partial charge < -0.3 is 5.32 Å². The van der Waals surface area contributed by atoms with E-state index in [1.165, 1.54) is 12.1 Å². The molecule has 1 aromatic heterocycles. The second-order valence-corrected chi connectivity index (χ2v) is 7.30. The maximum Gasteiger partial charge on any atom is 0.332 e. The molecule has 0 spiro atoms. The van der Waals surface area contributed by atoms with Crippen LogP contribution in [0.4, 0.5) is 9.83 Å². The monoisotopic (exact) mass is 370 g/mol. The third kappa shape index (κ3) is 2.99. The Bertz CT molecular complexity index is 1090. The lowest BCUT2D eigenvalue weighted by Crippen LogP contribution is -2.20. The summed E-state index contributed by atoms with van der Waals surface area (Å²) in [6, 6.07) is 15.3. The van der Waals surface area contributed by atoms with E-state index >= 15 is 0 Å². The third-order valence-corrected chi connectivity index (χ3v) is 4.99. The molecule has 0 fully saturated rings. The second-order valence-electron chi connectivity index (χ2n) is 5.95. The van der Waals surface area contributed by atoms with Crippen LogP contribution in [-0.2, 0) is 10.2 Å². The zero-order valence-electron chi connectivity index (χ0n) is 13.8. The molecular weight excluding hydrogens is 355 g/mol. The zero-order valence-corrected chi connectivity index (χ0v) is 14.6. The molecular formula is C18H15FN4O2S. The first kappa shape index (κ1) is 16.5. The Kier molecular flexibility index (Phi) is 3.84. The van der Waals surface area contributed by atoms with E-state index in [-0.39, 0.29) is 10.9 Å². The number of rotatable bonds is 3. The Balaban J connectivity index is 1.78. The van der Waals surface area contributed by atoms with Gasteiger partial charge in [0.2, 0.25) is 5.95 Å². The summed E-state index contributed by atoms with van der Waals surface area (Å²) in [5.74, 6) is 1.23. The fourth-order valence-corrected chi connectivity index (χ4v) is 3.41. The van der Waals surface area contributed by atoms with Gasteiger partial charge in [0, 0.05) is 5.70 Å². The zero-order chi connectivity index (χ0) is 18.3. The molecule has 0 amide bonds. The van der Waals surface area contributed by atoms with Gasteiger partial charge in [-0.2, -0.15) is 18.5 Å². The molecule has 132 valence electrons. The highest BCUT2D eigenvalue weighted by molar-refractivity contribution is 7.86. The molecule has 2 aromatic carbocycles. The Morgan fingerprint density at radius 2 is 1.77 bits per heavy atom. The molecule has 6 nitrogen and oxygen atoms in total. The van der Waals surface area contributed by atoms with Crippen molar-refractivity contribution in [2.45, 2.75) is 17.9 Å². The quantitative estimate of drug-likeness (QED) is 0.716. The van der Waals surface area contributed by atoms with Crippen LogP contribution in [0.1, 0.15) is 23.0 Å². The standard InChI is InChI=1S/C18H15FN4O2S/c1-12-20-18-21-16(13-7-9-15(10-8-13)26(19,24)25)11-17(23(18)22-12)14-5-3-2-4-6-14/h2-11,17H,1H3,(H,20,21,22). The molecule has 2 heterocycles. The topological polar surface area (TPSA) is 76.9 Å². The van der Waals surface area contributed by atoms with E-state index < -0.39 is 10.2 Å². The van der Waals surface area contributed by atoms with Gasteiger partial charge in [-0.15, -0.1) is 3.89 Å². The summed E-state index contributed by atoms with van der Waals surface area (Å²) in [5, 5.41) is 7.65. The number of hydrogen-bond acceptors (Lipinski definition) is 5. The van der Waals surface area contributed by atoms with E-state index in [0.717, 1.165) is 16.8 Å². The minimum Gasteiger partial charge on any atom is -0.324 e. The van der Waals surface area contributed by atoms with E-state index in [2.05, 4.69) is 15.4 Å². The molecule has 1 atom stereocenters. The summed E-state index contributed by atoms with van der Waals surface area (Å²) in [6.07, 6.45) is 1.98. The van der Waals surface area contributed by atoms with E-state index in [1.807, 2.05) is 43.3 Å². The van der Waals surface area contributed by atoms with Crippen LogP contribution in [0.25, 0.3) is 5.70 Å². The van der Waals surface area contributed by atoms with Crippen molar-refractivity contribution in [3.63, 3.8) is 0 Å². The van der Waals surface area contributed by atoms with Gasteiger partial charge in [-0.1, -0.05) is 42.5 Å². The molecule has 1 aliphatic rings. The van der Waals surface area contributed by atoms with E-state index in [1.54, 1.807) is 16.8 Å². The summed E-state index contributed by atoms with van der Waals surface area (Å²) in [5.41, 5.74) is 2.52. The Morgan fingerprint density at radius 3 is 2.42 bits per heavy atom. The number of nitrogens with one attached hydrogen (secondary N) is 1. The molecule has 1 aliphatic heterocycles. The van der Waals surface area contributed by atoms with Crippen molar-refractivity contribution in [2.24, 2.45) is 0 Å². The van der Waals surface area contributed by atoms with Gasteiger partial charge in [0.15, 0.2) is 0 Å². The predicted octanol–water partition coefficient (Wildman–Crippen LogP) is 3.30. The average Bonchev–Trinajstić information content (AvgIpc) is 3.01. The number of nitrogens with zero attached hydrogens (tertiary/aromatic N) is 3. The molecule has 3 aromatic rings. The molecule has 0 saturated heterocycles. The van der Waals surface area contributed by atoms with E-state index in [9.17, 15) is 12.3 Å². The number of anilines is 1. The normalized spacial score (nSPS) is 16.5. The molecule has 1 unspecified atom stereocenters. The minimum absolute atomic E-state index is 0.159. The van der Waals surface area contributed by atoms with Crippen LogP contribution in [0.3, 0.4) is 0 Å². The van der Waals surface area contributed by atoms with Gasteiger partial charge in [-0.05, 0) is 36.3 Å². The first-order valence-corrected chi connectivity index (χ1v) is 9.32. The fourth-order valence-electron chi connectivity index (χ4n) is 2.95. The van der Waals surface area contributed by atoms with Crippen molar-refractivity contribution in [1.82, 2.24) is 14.8 Å². The lowest BCUT2D eigenvalue weighted by atomic mass is 10.0. The number of aryl methyl sites for hydroxylation is 1. The molecule has 26 heavy (non-hydrogen) atoms. The maximum atomic E-state index is 13.1. The molecule has 0 aliphatic carbocycles.